The largest absolute Gasteiger partial charge is 0.0654 e. The van der Waals surface area contributed by atoms with Crippen molar-refractivity contribution in [3.05, 3.63) is 0 Å². The molecule has 0 amide bonds. The van der Waals surface area contributed by atoms with Crippen LogP contribution in [-0.2, 0) is 0 Å². The molecule has 0 bridgehead atoms. The summed E-state index contributed by atoms with van der Waals surface area (Å²) in [5.41, 5.74) is 0. The standard InChI is InChI=1S/C21H46P/c1-5-9-12-15-19-22(18-8-4,20-16-13-10-6-2)21-17-14-11-7-3/h5-21H2,1-4H3/q+1. The Bertz CT molecular complexity index is 181. The van der Waals surface area contributed by atoms with Gasteiger partial charge in [0.05, 0.1) is 24.6 Å². The van der Waals surface area contributed by atoms with Gasteiger partial charge in [0.1, 0.15) is 0 Å². The molecule has 0 aromatic carbocycles. The Kier molecular flexibility index (Phi) is 16.6. The molecule has 0 fully saturated rings. The first kappa shape index (κ1) is 22.4. The molecule has 0 aliphatic heterocycles. The van der Waals surface area contributed by atoms with E-state index in [1.807, 2.05) is 0 Å². The van der Waals surface area contributed by atoms with Crippen LogP contribution in [0.4, 0.5) is 0 Å². The Hall–Kier alpha value is 0.430. The van der Waals surface area contributed by atoms with Crippen molar-refractivity contribution in [2.24, 2.45) is 0 Å². The molecule has 22 heavy (non-hydrogen) atoms. The van der Waals surface area contributed by atoms with Crippen molar-refractivity contribution in [2.75, 3.05) is 24.6 Å². The van der Waals surface area contributed by atoms with E-state index in [-0.39, 0.29) is 0 Å². The summed E-state index contributed by atoms with van der Waals surface area (Å²) in [4.78, 5) is 0. The van der Waals surface area contributed by atoms with Crippen molar-refractivity contribution in [3.8, 4) is 0 Å². The van der Waals surface area contributed by atoms with Crippen LogP contribution < -0.4 is 0 Å². The van der Waals surface area contributed by atoms with Gasteiger partial charge < -0.3 is 0 Å². The Balaban J connectivity index is 4.39. The Morgan fingerprint density at radius 1 is 0.364 bits per heavy atom. The lowest BCUT2D eigenvalue weighted by atomic mass is 10.2. The molecule has 1 heteroatoms. The lowest BCUT2D eigenvalue weighted by molar-refractivity contribution is 0.682. The maximum Gasteiger partial charge on any atom is 0.0594 e. The topological polar surface area (TPSA) is 0 Å². The van der Waals surface area contributed by atoms with Crippen LogP contribution >= 0.6 is 7.26 Å². The molecule has 0 atom stereocenters. The van der Waals surface area contributed by atoms with Crippen LogP contribution in [0.3, 0.4) is 0 Å². The summed E-state index contributed by atoms with van der Waals surface area (Å²) in [5.74, 6) is 0. The lowest BCUT2D eigenvalue weighted by Gasteiger charge is -2.28. The van der Waals surface area contributed by atoms with E-state index >= 15 is 0 Å². The number of hydrogen-bond donors (Lipinski definition) is 0. The predicted molar refractivity (Wildman–Crippen MR) is 109 cm³/mol. The van der Waals surface area contributed by atoms with Gasteiger partial charge >= 0.3 is 0 Å². The van der Waals surface area contributed by atoms with Gasteiger partial charge in [-0.25, -0.2) is 0 Å². The van der Waals surface area contributed by atoms with Crippen LogP contribution in [0, 0.1) is 0 Å². The van der Waals surface area contributed by atoms with Gasteiger partial charge in [0.25, 0.3) is 0 Å². The molecule has 0 radical (unpaired) electrons. The molecule has 0 aromatic rings. The molecule has 0 aliphatic rings. The van der Waals surface area contributed by atoms with Gasteiger partial charge in [0.15, 0.2) is 0 Å². The van der Waals surface area contributed by atoms with E-state index in [9.17, 15) is 0 Å². The second kappa shape index (κ2) is 16.3. The first-order valence-corrected chi connectivity index (χ1v) is 13.1. The summed E-state index contributed by atoms with van der Waals surface area (Å²) < 4.78 is 0. The fraction of sp³-hybridized carbons (Fsp3) is 1.00. The van der Waals surface area contributed by atoms with E-state index < -0.39 is 7.26 Å². The third kappa shape index (κ3) is 11.9. The second-order valence-electron chi connectivity index (χ2n) is 7.42. The zero-order valence-electron chi connectivity index (χ0n) is 16.5. The van der Waals surface area contributed by atoms with Crippen LogP contribution in [0.15, 0.2) is 0 Å². The summed E-state index contributed by atoms with van der Waals surface area (Å²) in [6.45, 7) is 9.44. The van der Waals surface area contributed by atoms with Crippen LogP contribution in [-0.4, -0.2) is 24.6 Å². The monoisotopic (exact) mass is 329 g/mol. The Morgan fingerprint density at radius 3 is 1.00 bits per heavy atom. The van der Waals surface area contributed by atoms with Gasteiger partial charge in [-0.2, -0.15) is 0 Å². The number of unbranched alkanes of at least 4 members (excludes halogenated alkanes) is 9. The minimum Gasteiger partial charge on any atom is -0.0654 e. The SMILES string of the molecule is CCCCCC[P+](CCC)(CCCCCC)CCCCCC. The molecule has 0 saturated heterocycles. The Morgan fingerprint density at radius 2 is 0.727 bits per heavy atom. The summed E-state index contributed by atoms with van der Waals surface area (Å²) in [6, 6.07) is 0. The van der Waals surface area contributed by atoms with Crippen molar-refractivity contribution in [3.63, 3.8) is 0 Å². The normalized spacial score (nSPS) is 12.0. The predicted octanol–water partition coefficient (Wildman–Crippen LogP) is 8.15. The highest BCUT2D eigenvalue weighted by molar-refractivity contribution is 7.75. The summed E-state index contributed by atoms with van der Waals surface area (Å²) in [5, 5.41) is 0. The zero-order chi connectivity index (χ0) is 16.5. The summed E-state index contributed by atoms with van der Waals surface area (Å²) in [6.07, 6.45) is 25.5. The third-order valence-electron chi connectivity index (χ3n) is 5.16. The molecule has 0 aromatic heterocycles. The summed E-state index contributed by atoms with van der Waals surface area (Å²) in [7, 11) is -0.617. The molecule has 0 nitrogen and oxygen atoms in total. The molecule has 0 rings (SSSR count). The van der Waals surface area contributed by atoms with Crippen LogP contribution in [0.1, 0.15) is 111 Å². The molecule has 0 saturated carbocycles. The highest BCUT2D eigenvalue weighted by atomic mass is 31.2. The van der Waals surface area contributed by atoms with Gasteiger partial charge in [-0.15, -0.1) is 0 Å². The summed E-state index contributed by atoms with van der Waals surface area (Å²) >= 11 is 0. The van der Waals surface area contributed by atoms with Gasteiger partial charge in [-0.1, -0.05) is 66.2 Å². The van der Waals surface area contributed by atoms with Gasteiger partial charge in [0, 0.05) is 7.26 Å². The third-order valence-corrected chi connectivity index (χ3v) is 10.3. The fourth-order valence-electron chi connectivity index (χ4n) is 3.77. The molecule has 0 aliphatic carbocycles. The highest BCUT2D eigenvalue weighted by Crippen LogP contribution is 2.61. The average molecular weight is 330 g/mol. The minimum atomic E-state index is -0.617. The lowest BCUT2D eigenvalue weighted by Crippen LogP contribution is -2.12. The molecular formula is C21H46P+. The van der Waals surface area contributed by atoms with Crippen LogP contribution in [0.5, 0.6) is 0 Å². The molecule has 0 spiro atoms. The molecular weight excluding hydrogens is 283 g/mol. The van der Waals surface area contributed by atoms with Gasteiger partial charge in [-0.3, -0.25) is 0 Å². The van der Waals surface area contributed by atoms with E-state index in [2.05, 4.69) is 27.7 Å². The van der Waals surface area contributed by atoms with Gasteiger partial charge in [0.2, 0.25) is 0 Å². The van der Waals surface area contributed by atoms with Crippen LogP contribution in [0.2, 0.25) is 0 Å². The molecule has 0 N–H and O–H groups in total. The van der Waals surface area contributed by atoms with Crippen molar-refractivity contribution < 1.29 is 0 Å². The maximum absolute atomic E-state index is 2.43. The minimum absolute atomic E-state index is 0.617. The van der Waals surface area contributed by atoms with E-state index in [0.29, 0.717) is 0 Å². The molecule has 0 unspecified atom stereocenters. The highest BCUT2D eigenvalue weighted by Gasteiger charge is 2.34. The number of hydrogen-bond acceptors (Lipinski definition) is 0. The van der Waals surface area contributed by atoms with Crippen LogP contribution in [0.25, 0.3) is 0 Å². The van der Waals surface area contributed by atoms with E-state index in [0.717, 1.165) is 0 Å². The van der Waals surface area contributed by atoms with E-state index in [1.165, 1.54) is 83.5 Å². The first-order chi connectivity index (χ1) is 10.7. The van der Waals surface area contributed by atoms with Crippen molar-refractivity contribution in [1.82, 2.24) is 0 Å². The zero-order valence-corrected chi connectivity index (χ0v) is 17.4. The molecule has 134 valence electrons. The smallest absolute Gasteiger partial charge is 0.0594 e. The maximum atomic E-state index is 2.43. The van der Waals surface area contributed by atoms with E-state index in [1.54, 1.807) is 24.6 Å². The van der Waals surface area contributed by atoms with Crippen molar-refractivity contribution >= 4 is 7.26 Å². The second-order valence-corrected chi connectivity index (χ2v) is 11.9. The Labute approximate surface area is 143 Å². The average Bonchev–Trinajstić information content (AvgIpc) is 2.53. The van der Waals surface area contributed by atoms with Crippen molar-refractivity contribution in [1.29, 1.82) is 0 Å². The van der Waals surface area contributed by atoms with Gasteiger partial charge in [-0.05, 0) is 44.9 Å². The quantitative estimate of drug-likeness (QED) is 0.186. The molecule has 0 heterocycles. The van der Waals surface area contributed by atoms with E-state index in [4.69, 9.17) is 0 Å². The fourth-order valence-corrected chi connectivity index (χ4v) is 8.74. The van der Waals surface area contributed by atoms with Crippen molar-refractivity contribution in [2.45, 2.75) is 111 Å². The number of rotatable bonds is 17. The first-order valence-electron chi connectivity index (χ1n) is 10.6.